The molecule has 2 unspecified atom stereocenters. The zero-order valence-electron chi connectivity index (χ0n) is 23.1. The molecule has 2 aliphatic rings. The Labute approximate surface area is 232 Å². The number of hydrogen-bond acceptors (Lipinski definition) is 5. The maximum atomic E-state index is 13.5. The highest BCUT2D eigenvalue weighted by Crippen LogP contribution is 2.26. The van der Waals surface area contributed by atoms with Crippen molar-refractivity contribution in [1.29, 1.82) is 0 Å². The summed E-state index contributed by atoms with van der Waals surface area (Å²) in [6.45, 7) is 5.52. The van der Waals surface area contributed by atoms with Crippen molar-refractivity contribution >= 4 is 23.4 Å². The summed E-state index contributed by atoms with van der Waals surface area (Å²) in [5.41, 5.74) is 9.12. The second kappa shape index (κ2) is 14.2. The first-order valence-electron chi connectivity index (χ1n) is 14.4. The van der Waals surface area contributed by atoms with Crippen molar-refractivity contribution in [1.82, 2.24) is 15.1 Å². The van der Waals surface area contributed by atoms with Crippen LogP contribution in [0.4, 0.5) is 5.69 Å². The van der Waals surface area contributed by atoms with Gasteiger partial charge < -0.3 is 21.3 Å². The second-order valence-electron chi connectivity index (χ2n) is 10.9. The summed E-state index contributed by atoms with van der Waals surface area (Å²) < 4.78 is 0. The summed E-state index contributed by atoms with van der Waals surface area (Å²) >= 11 is 0. The number of carbonyl (C=O) groups excluding carboxylic acids is 3. The Bertz CT molecular complexity index is 1080. The number of carbonyl (C=O) groups is 3. The maximum Gasteiger partial charge on any atom is 0.245 e. The Morgan fingerprint density at radius 2 is 1.56 bits per heavy atom. The van der Waals surface area contributed by atoms with Gasteiger partial charge in [0.15, 0.2) is 0 Å². The number of nitrogens with two attached hydrogens (primary N) is 1. The first-order chi connectivity index (χ1) is 18.9. The summed E-state index contributed by atoms with van der Waals surface area (Å²) in [7, 11) is 0. The highest BCUT2D eigenvalue weighted by Gasteiger charge is 2.29. The monoisotopic (exact) mass is 533 g/mol. The Morgan fingerprint density at radius 3 is 2.21 bits per heavy atom. The number of hydrogen-bond donors (Lipinski definition) is 3. The van der Waals surface area contributed by atoms with Crippen molar-refractivity contribution < 1.29 is 14.4 Å². The van der Waals surface area contributed by atoms with Gasteiger partial charge in [0.25, 0.3) is 0 Å². The van der Waals surface area contributed by atoms with Gasteiger partial charge in [0.05, 0.1) is 6.04 Å². The molecule has 3 amide bonds. The van der Waals surface area contributed by atoms with Crippen LogP contribution in [0.3, 0.4) is 0 Å². The first kappa shape index (κ1) is 28.8. The van der Waals surface area contributed by atoms with Crippen molar-refractivity contribution in [3.63, 3.8) is 0 Å². The van der Waals surface area contributed by atoms with Gasteiger partial charge in [0, 0.05) is 51.3 Å². The number of piperazine rings is 1. The lowest BCUT2D eigenvalue weighted by molar-refractivity contribution is -0.138. The number of benzene rings is 2. The van der Waals surface area contributed by atoms with Crippen LogP contribution in [0.15, 0.2) is 54.6 Å². The van der Waals surface area contributed by atoms with Gasteiger partial charge in [-0.1, -0.05) is 68.7 Å². The summed E-state index contributed by atoms with van der Waals surface area (Å²) in [6.07, 6.45) is 6.23. The number of rotatable bonds is 10. The number of anilines is 1. The van der Waals surface area contributed by atoms with Crippen LogP contribution in [-0.2, 0) is 27.3 Å². The minimum Gasteiger partial charge on any atom is -0.344 e. The molecular weight excluding hydrogens is 490 g/mol. The minimum atomic E-state index is -0.627. The molecule has 210 valence electrons. The lowest BCUT2D eigenvalue weighted by atomic mass is 9.84. The average Bonchev–Trinajstić information content (AvgIpc) is 2.98. The van der Waals surface area contributed by atoms with E-state index < -0.39 is 12.1 Å². The van der Waals surface area contributed by atoms with E-state index in [0.717, 1.165) is 50.9 Å². The molecular formula is C31H43N5O3. The molecule has 8 nitrogen and oxygen atoms in total. The standard InChI is InChI=1S/C31H43N5O3/c1-2-28(37)34-27(31(39)36-19-17-35(18-20-36)22-24-9-5-3-6-10-24)21-23-13-15-26(16-14-23)33-30(38)29(32)25-11-7-4-8-12-25/h3,5-6,9-10,13-16,25,27,29H,2,4,7-8,11-12,17-22,32H2,1H3,(H,33,38)(H,34,37). The molecule has 0 spiro atoms. The average molecular weight is 534 g/mol. The molecule has 8 heteroatoms. The van der Waals surface area contributed by atoms with Crippen LogP contribution in [0.25, 0.3) is 0 Å². The Balaban J connectivity index is 1.32. The van der Waals surface area contributed by atoms with E-state index in [2.05, 4.69) is 27.7 Å². The Hall–Kier alpha value is -3.23. The molecule has 1 aliphatic heterocycles. The van der Waals surface area contributed by atoms with Crippen LogP contribution in [0.1, 0.15) is 56.6 Å². The molecule has 1 saturated heterocycles. The maximum absolute atomic E-state index is 13.5. The number of amides is 3. The molecule has 2 fully saturated rings. The predicted octanol–water partition coefficient (Wildman–Crippen LogP) is 3.31. The summed E-state index contributed by atoms with van der Waals surface area (Å²) in [5.74, 6) is -0.0971. The van der Waals surface area contributed by atoms with Crippen molar-refractivity contribution in [2.24, 2.45) is 11.7 Å². The van der Waals surface area contributed by atoms with Gasteiger partial charge in [-0.05, 0) is 42.0 Å². The van der Waals surface area contributed by atoms with E-state index in [0.29, 0.717) is 31.6 Å². The van der Waals surface area contributed by atoms with Crippen molar-refractivity contribution in [2.75, 3.05) is 31.5 Å². The molecule has 0 bridgehead atoms. The molecule has 2 aromatic rings. The van der Waals surface area contributed by atoms with E-state index in [1.807, 2.05) is 47.4 Å². The molecule has 39 heavy (non-hydrogen) atoms. The van der Waals surface area contributed by atoms with Gasteiger partial charge in [-0.3, -0.25) is 19.3 Å². The molecule has 2 atom stereocenters. The number of nitrogens with zero attached hydrogens (tertiary/aromatic N) is 2. The molecule has 4 rings (SSSR count). The van der Waals surface area contributed by atoms with Crippen LogP contribution in [-0.4, -0.2) is 65.8 Å². The van der Waals surface area contributed by atoms with Crippen LogP contribution < -0.4 is 16.4 Å². The van der Waals surface area contributed by atoms with Gasteiger partial charge in [-0.15, -0.1) is 0 Å². The minimum absolute atomic E-state index is 0.0491. The Kier molecular flexibility index (Phi) is 10.5. The third-order valence-corrected chi connectivity index (χ3v) is 8.01. The zero-order chi connectivity index (χ0) is 27.6. The quantitative estimate of drug-likeness (QED) is 0.434. The van der Waals surface area contributed by atoms with Crippen molar-refractivity contribution in [3.8, 4) is 0 Å². The van der Waals surface area contributed by atoms with Crippen LogP contribution in [0.2, 0.25) is 0 Å². The lowest BCUT2D eigenvalue weighted by Crippen LogP contribution is -2.55. The number of nitrogens with one attached hydrogen (secondary N) is 2. The topological polar surface area (TPSA) is 108 Å². The molecule has 0 radical (unpaired) electrons. The van der Waals surface area contributed by atoms with Gasteiger partial charge in [0.2, 0.25) is 17.7 Å². The summed E-state index contributed by atoms with van der Waals surface area (Å²) in [5, 5.41) is 5.87. The molecule has 1 saturated carbocycles. The second-order valence-corrected chi connectivity index (χ2v) is 10.9. The predicted molar refractivity (Wildman–Crippen MR) is 154 cm³/mol. The fourth-order valence-corrected chi connectivity index (χ4v) is 5.58. The van der Waals surface area contributed by atoms with E-state index in [4.69, 9.17) is 5.73 Å². The molecule has 0 aromatic heterocycles. The molecule has 4 N–H and O–H groups in total. The highest BCUT2D eigenvalue weighted by molar-refractivity contribution is 5.95. The zero-order valence-corrected chi connectivity index (χ0v) is 23.1. The van der Waals surface area contributed by atoms with E-state index in [9.17, 15) is 14.4 Å². The van der Waals surface area contributed by atoms with E-state index in [1.165, 1.54) is 12.0 Å². The molecule has 1 heterocycles. The third kappa shape index (κ3) is 8.38. The summed E-state index contributed by atoms with van der Waals surface area (Å²) in [6, 6.07) is 16.7. The fourth-order valence-electron chi connectivity index (χ4n) is 5.58. The van der Waals surface area contributed by atoms with Gasteiger partial charge >= 0.3 is 0 Å². The van der Waals surface area contributed by atoms with Crippen molar-refractivity contribution in [3.05, 3.63) is 65.7 Å². The van der Waals surface area contributed by atoms with Crippen LogP contribution in [0, 0.1) is 5.92 Å². The van der Waals surface area contributed by atoms with Gasteiger partial charge in [-0.25, -0.2) is 0 Å². The molecule has 1 aliphatic carbocycles. The van der Waals surface area contributed by atoms with Gasteiger partial charge in [0.1, 0.15) is 6.04 Å². The van der Waals surface area contributed by atoms with Crippen LogP contribution in [0.5, 0.6) is 0 Å². The lowest BCUT2D eigenvalue weighted by Gasteiger charge is -2.36. The highest BCUT2D eigenvalue weighted by atomic mass is 16.2. The SMILES string of the molecule is CCC(=O)NC(Cc1ccc(NC(=O)C(N)C2CCCCC2)cc1)C(=O)N1CCN(Cc2ccccc2)CC1. The van der Waals surface area contributed by atoms with Crippen molar-refractivity contribution in [2.45, 2.75) is 70.5 Å². The molecule has 2 aromatic carbocycles. The third-order valence-electron chi connectivity index (χ3n) is 8.01. The van der Waals surface area contributed by atoms with E-state index in [-0.39, 0.29) is 23.6 Å². The van der Waals surface area contributed by atoms with E-state index >= 15 is 0 Å². The smallest absolute Gasteiger partial charge is 0.245 e. The Morgan fingerprint density at radius 1 is 0.897 bits per heavy atom. The first-order valence-corrected chi connectivity index (χ1v) is 14.4. The van der Waals surface area contributed by atoms with Gasteiger partial charge in [-0.2, -0.15) is 0 Å². The normalized spacial score (nSPS) is 18.3. The largest absolute Gasteiger partial charge is 0.344 e. The van der Waals surface area contributed by atoms with Crippen LogP contribution >= 0.6 is 0 Å². The summed E-state index contributed by atoms with van der Waals surface area (Å²) in [4.78, 5) is 42.7. The van der Waals surface area contributed by atoms with E-state index in [1.54, 1.807) is 6.92 Å². The fraction of sp³-hybridized carbons (Fsp3) is 0.516.